The van der Waals surface area contributed by atoms with Crippen molar-refractivity contribution in [2.45, 2.75) is 13.8 Å². The second-order valence-electron chi connectivity index (χ2n) is 5.60. The van der Waals surface area contributed by atoms with E-state index in [1.165, 1.54) is 27.4 Å². The van der Waals surface area contributed by atoms with Gasteiger partial charge in [-0.25, -0.2) is 4.79 Å². The summed E-state index contributed by atoms with van der Waals surface area (Å²) in [6, 6.07) is 3.39. The van der Waals surface area contributed by atoms with Gasteiger partial charge in [0.1, 0.15) is 0 Å². The van der Waals surface area contributed by atoms with Gasteiger partial charge in [0.15, 0.2) is 18.1 Å². The first-order chi connectivity index (χ1) is 11.9. The zero-order valence-electron chi connectivity index (χ0n) is 15.3. The molecule has 0 aliphatic heterocycles. The van der Waals surface area contributed by atoms with Crippen LogP contribution in [0, 0.1) is 5.92 Å². The standard InChI is InChI=1S/C18H25NO6/c1-12(2)10-19-16(20)11-25-17(21)7-6-13-8-14(22-3)18(24-5)15(9-13)23-4/h6-9,12H,10-11H2,1-5H3,(H,19,20). The molecule has 7 nitrogen and oxygen atoms in total. The highest BCUT2D eigenvalue weighted by molar-refractivity contribution is 5.89. The van der Waals surface area contributed by atoms with Crippen LogP contribution in [-0.2, 0) is 14.3 Å². The molecule has 1 aromatic carbocycles. The van der Waals surface area contributed by atoms with Crippen molar-refractivity contribution in [3.05, 3.63) is 23.8 Å². The molecule has 0 unspecified atom stereocenters. The first kappa shape index (κ1) is 20.3. The lowest BCUT2D eigenvalue weighted by Gasteiger charge is -2.12. The van der Waals surface area contributed by atoms with Gasteiger partial charge in [0.25, 0.3) is 5.91 Å². The first-order valence-electron chi connectivity index (χ1n) is 7.82. The Balaban J connectivity index is 2.68. The largest absolute Gasteiger partial charge is 0.493 e. The zero-order chi connectivity index (χ0) is 18.8. The van der Waals surface area contributed by atoms with E-state index in [9.17, 15) is 9.59 Å². The van der Waals surface area contributed by atoms with Crippen molar-refractivity contribution in [2.24, 2.45) is 5.92 Å². The first-order valence-corrected chi connectivity index (χ1v) is 7.82. The summed E-state index contributed by atoms with van der Waals surface area (Å²) < 4.78 is 20.6. The maximum Gasteiger partial charge on any atom is 0.331 e. The van der Waals surface area contributed by atoms with Crippen molar-refractivity contribution in [3.8, 4) is 17.2 Å². The van der Waals surface area contributed by atoms with Gasteiger partial charge in [-0.05, 0) is 29.7 Å². The minimum Gasteiger partial charge on any atom is -0.493 e. The molecule has 0 bridgehead atoms. The monoisotopic (exact) mass is 351 g/mol. The van der Waals surface area contributed by atoms with Crippen LogP contribution in [0.3, 0.4) is 0 Å². The molecular formula is C18H25NO6. The molecule has 0 saturated carbocycles. The molecule has 1 aromatic rings. The molecule has 0 heterocycles. The van der Waals surface area contributed by atoms with E-state index in [1.54, 1.807) is 18.2 Å². The highest BCUT2D eigenvalue weighted by Gasteiger charge is 2.12. The number of hydrogen-bond acceptors (Lipinski definition) is 6. The number of carbonyl (C=O) groups is 2. The summed E-state index contributed by atoms with van der Waals surface area (Å²) in [5.74, 6) is 0.800. The van der Waals surface area contributed by atoms with E-state index in [0.717, 1.165) is 0 Å². The molecule has 0 fully saturated rings. The lowest BCUT2D eigenvalue weighted by Crippen LogP contribution is -2.31. The SMILES string of the molecule is COc1cc(C=CC(=O)OCC(=O)NCC(C)C)cc(OC)c1OC. The molecule has 25 heavy (non-hydrogen) atoms. The number of ether oxygens (including phenoxy) is 4. The van der Waals surface area contributed by atoms with Gasteiger partial charge >= 0.3 is 5.97 Å². The van der Waals surface area contributed by atoms with Gasteiger partial charge in [0, 0.05) is 12.6 Å². The van der Waals surface area contributed by atoms with Crippen molar-refractivity contribution < 1.29 is 28.5 Å². The summed E-state index contributed by atoms with van der Waals surface area (Å²) in [5.41, 5.74) is 0.663. The number of benzene rings is 1. The Kier molecular flexibility index (Phi) is 8.32. The minimum absolute atomic E-state index is 0.314. The molecule has 0 spiro atoms. The lowest BCUT2D eigenvalue weighted by molar-refractivity contribution is -0.143. The van der Waals surface area contributed by atoms with Crippen molar-refractivity contribution in [1.82, 2.24) is 5.32 Å². The van der Waals surface area contributed by atoms with Crippen molar-refractivity contribution in [2.75, 3.05) is 34.5 Å². The third-order valence-corrected chi connectivity index (χ3v) is 3.15. The molecule has 0 aliphatic rings. The normalized spacial score (nSPS) is 10.6. The van der Waals surface area contributed by atoms with Gasteiger partial charge in [-0.1, -0.05) is 13.8 Å². The molecule has 7 heteroatoms. The van der Waals surface area contributed by atoms with Crippen LogP contribution >= 0.6 is 0 Å². The summed E-state index contributed by atoms with van der Waals surface area (Å²) >= 11 is 0. The third-order valence-electron chi connectivity index (χ3n) is 3.15. The van der Waals surface area contributed by atoms with Gasteiger partial charge in [-0.3, -0.25) is 4.79 Å². The molecule has 0 radical (unpaired) electrons. The fourth-order valence-corrected chi connectivity index (χ4v) is 1.92. The highest BCUT2D eigenvalue weighted by Crippen LogP contribution is 2.38. The van der Waals surface area contributed by atoms with Crippen molar-refractivity contribution in [3.63, 3.8) is 0 Å². The molecule has 1 N–H and O–H groups in total. The summed E-state index contributed by atoms with van der Waals surface area (Å²) in [5, 5.41) is 2.67. The van der Waals surface area contributed by atoms with Gasteiger partial charge in [0.2, 0.25) is 5.75 Å². The summed E-state index contributed by atoms with van der Waals surface area (Å²) in [4.78, 5) is 23.2. The van der Waals surface area contributed by atoms with Crippen LogP contribution in [0.4, 0.5) is 0 Å². The maximum atomic E-state index is 11.7. The topological polar surface area (TPSA) is 83.1 Å². The molecular weight excluding hydrogens is 326 g/mol. The smallest absolute Gasteiger partial charge is 0.331 e. The van der Waals surface area contributed by atoms with E-state index >= 15 is 0 Å². The van der Waals surface area contributed by atoms with E-state index < -0.39 is 5.97 Å². The molecule has 0 atom stereocenters. The number of hydrogen-bond donors (Lipinski definition) is 1. The molecule has 1 amide bonds. The Bertz CT molecular complexity index is 599. The van der Waals surface area contributed by atoms with Crippen LogP contribution < -0.4 is 19.5 Å². The van der Waals surface area contributed by atoms with Crippen LogP contribution in [0.1, 0.15) is 19.4 Å². The maximum absolute atomic E-state index is 11.7. The van der Waals surface area contributed by atoms with E-state index in [2.05, 4.69) is 5.32 Å². The van der Waals surface area contributed by atoms with Crippen molar-refractivity contribution in [1.29, 1.82) is 0 Å². The van der Waals surface area contributed by atoms with E-state index in [-0.39, 0.29) is 12.5 Å². The molecule has 0 aliphatic carbocycles. The van der Waals surface area contributed by atoms with Crippen LogP contribution in [0.25, 0.3) is 6.08 Å². The predicted octanol–water partition coefficient (Wildman–Crippen LogP) is 2.04. The summed E-state index contributed by atoms with van der Waals surface area (Å²) in [7, 11) is 4.53. The number of nitrogens with one attached hydrogen (secondary N) is 1. The Morgan fingerprint density at radius 3 is 2.16 bits per heavy atom. The zero-order valence-corrected chi connectivity index (χ0v) is 15.3. The summed E-state index contributed by atoms with van der Waals surface area (Å²) in [6.45, 7) is 4.18. The fourth-order valence-electron chi connectivity index (χ4n) is 1.92. The van der Waals surface area contributed by atoms with Crippen LogP contribution in [0.15, 0.2) is 18.2 Å². The van der Waals surface area contributed by atoms with Crippen LogP contribution in [0.5, 0.6) is 17.2 Å². The Morgan fingerprint density at radius 2 is 1.68 bits per heavy atom. The number of methoxy groups -OCH3 is 3. The number of esters is 1. The van der Waals surface area contributed by atoms with Gasteiger partial charge < -0.3 is 24.3 Å². The van der Waals surface area contributed by atoms with E-state index in [1.807, 2.05) is 13.8 Å². The average Bonchev–Trinajstić information content (AvgIpc) is 2.61. The Labute approximate surface area is 147 Å². The van der Waals surface area contributed by atoms with Gasteiger partial charge in [-0.15, -0.1) is 0 Å². The van der Waals surface area contributed by atoms with Crippen LogP contribution in [-0.4, -0.2) is 46.4 Å². The van der Waals surface area contributed by atoms with Gasteiger partial charge in [-0.2, -0.15) is 0 Å². The second-order valence-corrected chi connectivity index (χ2v) is 5.60. The molecule has 0 saturated heterocycles. The van der Waals surface area contributed by atoms with Crippen molar-refractivity contribution >= 4 is 18.0 Å². The van der Waals surface area contributed by atoms with E-state index in [4.69, 9.17) is 18.9 Å². The average molecular weight is 351 g/mol. The Hall–Kier alpha value is -2.70. The quantitative estimate of drug-likeness (QED) is 0.541. The minimum atomic E-state index is -0.617. The predicted molar refractivity (Wildman–Crippen MR) is 93.9 cm³/mol. The molecule has 138 valence electrons. The number of amides is 1. The molecule has 1 rings (SSSR count). The number of rotatable bonds is 9. The Morgan fingerprint density at radius 1 is 1.08 bits per heavy atom. The van der Waals surface area contributed by atoms with Gasteiger partial charge in [0.05, 0.1) is 21.3 Å². The highest BCUT2D eigenvalue weighted by atomic mass is 16.5. The fraction of sp³-hybridized carbons (Fsp3) is 0.444. The lowest BCUT2D eigenvalue weighted by atomic mass is 10.1. The number of carbonyl (C=O) groups excluding carboxylic acids is 2. The van der Waals surface area contributed by atoms with Crippen LogP contribution in [0.2, 0.25) is 0 Å². The summed E-state index contributed by atoms with van der Waals surface area (Å²) in [6.07, 6.45) is 2.77. The van der Waals surface area contributed by atoms with E-state index in [0.29, 0.717) is 35.3 Å². The third kappa shape index (κ3) is 6.74. The second kappa shape index (κ2) is 10.2. The molecule has 0 aromatic heterocycles.